The zero-order valence-corrected chi connectivity index (χ0v) is 23.7. The molecular weight excluding hydrogens is 476 g/mol. The van der Waals surface area contributed by atoms with Crippen molar-refractivity contribution >= 4 is 24.0 Å². The van der Waals surface area contributed by atoms with Gasteiger partial charge >= 0.3 is 12.2 Å². The van der Waals surface area contributed by atoms with Crippen molar-refractivity contribution in [2.75, 3.05) is 13.6 Å². The SMILES string of the molecule is CC[C@]1(N(NC(=O)OC(C)(C)C)C(=O)OC(C)(C)C)CN(C(=O)c2ccccc2)[C@H](C(C)C)N(C)C1=O. The molecule has 1 heterocycles. The number of amides is 4. The second kappa shape index (κ2) is 11.0. The van der Waals surface area contributed by atoms with E-state index in [1.165, 1.54) is 4.90 Å². The van der Waals surface area contributed by atoms with Crippen LogP contribution < -0.4 is 5.43 Å². The van der Waals surface area contributed by atoms with Crippen molar-refractivity contribution < 1.29 is 28.7 Å². The van der Waals surface area contributed by atoms with Crippen LogP contribution in [0.3, 0.4) is 0 Å². The van der Waals surface area contributed by atoms with Gasteiger partial charge in [-0.3, -0.25) is 9.59 Å². The van der Waals surface area contributed by atoms with Gasteiger partial charge in [-0.2, -0.15) is 5.01 Å². The first kappa shape index (κ1) is 29.9. The number of benzene rings is 1. The highest BCUT2D eigenvalue weighted by Crippen LogP contribution is 2.34. The van der Waals surface area contributed by atoms with Gasteiger partial charge in [0.2, 0.25) is 0 Å². The Morgan fingerprint density at radius 1 is 1.05 bits per heavy atom. The second-order valence-corrected chi connectivity index (χ2v) is 11.7. The fraction of sp³-hybridized carbons (Fsp3) is 0.630. The number of likely N-dealkylation sites (N-methyl/N-ethyl adjacent to an activating group) is 1. The molecule has 0 bridgehead atoms. The molecule has 1 aromatic carbocycles. The number of rotatable bonds is 4. The molecule has 37 heavy (non-hydrogen) atoms. The van der Waals surface area contributed by atoms with E-state index in [4.69, 9.17) is 9.47 Å². The molecule has 2 atom stereocenters. The minimum atomic E-state index is -1.65. The van der Waals surface area contributed by atoms with E-state index in [-0.39, 0.29) is 24.8 Å². The predicted octanol–water partition coefficient (Wildman–Crippen LogP) is 4.41. The molecule has 4 amide bonds. The minimum absolute atomic E-state index is 0.0919. The van der Waals surface area contributed by atoms with E-state index < -0.39 is 41.0 Å². The first-order chi connectivity index (χ1) is 16.9. The standard InChI is InChI=1S/C27H42N4O6/c1-11-27(31(24(35)37-26(7,8)9)28-23(34)36-25(4,5)6)17-30(20(18(2)3)29(10)22(27)33)21(32)19-15-13-12-14-16-19/h12-16,18,20H,11,17H2,1-10H3,(H,28,34)/t20-,27+/m1/s1. The Balaban J connectivity index is 2.64. The third kappa shape index (κ3) is 6.93. The molecule has 1 aliphatic rings. The third-order valence-corrected chi connectivity index (χ3v) is 5.94. The fourth-order valence-corrected chi connectivity index (χ4v) is 4.46. The average molecular weight is 519 g/mol. The highest BCUT2D eigenvalue weighted by Gasteiger charge is 2.57. The van der Waals surface area contributed by atoms with Crippen molar-refractivity contribution in [2.24, 2.45) is 5.92 Å². The van der Waals surface area contributed by atoms with Gasteiger partial charge in [0.1, 0.15) is 17.4 Å². The quantitative estimate of drug-likeness (QED) is 0.592. The molecule has 0 aromatic heterocycles. The molecule has 1 saturated heterocycles. The summed E-state index contributed by atoms with van der Waals surface area (Å²) in [5.41, 5.74) is -0.502. The molecule has 1 fully saturated rings. The molecule has 1 aliphatic heterocycles. The number of nitrogens with zero attached hydrogens (tertiary/aromatic N) is 3. The number of nitrogens with one attached hydrogen (secondary N) is 1. The molecule has 1 aromatic rings. The van der Waals surface area contributed by atoms with Crippen molar-refractivity contribution in [1.82, 2.24) is 20.2 Å². The van der Waals surface area contributed by atoms with Gasteiger partial charge in [-0.1, -0.05) is 39.0 Å². The number of hydrogen-bond acceptors (Lipinski definition) is 6. The van der Waals surface area contributed by atoms with Crippen LogP contribution in [0, 0.1) is 5.92 Å². The monoisotopic (exact) mass is 518 g/mol. The van der Waals surface area contributed by atoms with E-state index in [1.807, 2.05) is 19.9 Å². The number of carbonyl (C=O) groups is 4. The highest BCUT2D eigenvalue weighted by atomic mass is 16.6. The number of ether oxygens (including phenoxy) is 2. The van der Waals surface area contributed by atoms with Crippen molar-refractivity contribution in [3.05, 3.63) is 35.9 Å². The van der Waals surface area contributed by atoms with Crippen molar-refractivity contribution in [2.45, 2.75) is 91.6 Å². The molecular formula is C27H42N4O6. The van der Waals surface area contributed by atoms with Crippen LogP contribution in [-0.2, 0) is 14.3 Å². The minimum Gasteiger partial charge on any atom is -0.443 e. The lowest BCUT2D eigenvalue weighted by molar-refractivity contribution is -0.165. The van der Waals surface area contributed by atoms with Crippen LogP contribution in [0.25, 0.3) is 0 Å². The Morgan fingerprint density at radius 2 is 1.59 bits per heavy atom. The summed E-state index contributed by atoms with van der Waals surface area (Å²) in [6, 6.07) is 8.75. The zero-order chi connectivity index (χ0) is 28.3. The summed E-state index contributed by atoms with van der Waals surface area (Å²) in [5.74, 6) is -0.823. The van der Waals surface area contributed by atoms with Crippen LogP contribution in [0.5, 0.6) is 0 Å². The van der Waals surface area contributed by atoms with Gasteiger partial charge < -0.3 is 19.3 Å². The molecule has 0 radical (unpaired) electrons. The van der Waals surface area contributed by atoms with Gasteiger partial charge in [0, 0.05) is 12.6 Å². The van der Waals surface area contributed by atoms with Crippen LogP contribution in [-0.4, -0.2) is 75.3 Å². The summed E-state index contributed by atoms with van der Waals surface area (Å²) in [5, 5.41) is 0.896. The average Bonchev–Trinajstić information content (AvgIpc) is 2.77. The van der Waals surface area contributed by atoms with Gasteiger partial charge in [-0.25, -0.2) is 15.0 Å². The largest absolute Gasteiger partial charge is 0.443 e. The van der Waals surface area contributed by atoms with E-state index in [9.17, 15) is 19.2 Å². The van der Waals surface area contributed by atoms with E-state index >= 15 is 0 Å². The van der Waals surface area contributed by atoms with Crippen LogP contribution in [0.4, 0.5) is 9.59 Å². The van der Waals surface area contributed by atoms with Crippen LogP contribution in [0.2, 0.25) is 0 Å². The zero-order valence-electron chi connectivity index (χ0n) is 23.7. The van der Waals surface area contributed by atoms with Gasteiger partial charge in [0.25, 0.3) is 11.8 Å². The topological polar surface area (TPSA) is 108 Å². The molecule has 0 aliphatic carbocycles. The van der Waals surface area contributed by atoms with Crippen LogP contribution >= 0.6 is 0 Å². The predicted molar refractivity (Wildman–Crippen MR) is 139 cm³/mol. The van der Waals surface area contributed by atoms with E-state index in [1.54, 1.807) is 84.7 Å². The summed E-state index contributed by atoms with van der Waals surface area (Å²) in [6.07, 6.45) is -2.33. The maximum Gasteiger partial charge on any atom is 0.430 e. The van der Waals surface area contributed by atoms with Crippen molar-refractivity contribution in [1.29, 1.82) is 0 Å². The molecule has 0 unspecified atom stereocenters. The van der Waals surface area contributed by atoms with Gasteiger partial charge in [0.15, 0.2) is 5.54 Å². The second-order valence-electron chi connectivity index (χ2n) is 11.7. The highest BCUT2D eigenvalue weighted by molar-refractivity contribution is 5.98. The summed E-state index contributed by atoms with van der Waals surface area (Å²) in [6.45, 7) is 15.5. The van der Waals surface area contributed by atoms with Crippen LogP contribution in [0.1, 0.15) is 79.1 Å². The Hall–Kier alpha value is -3.30. The maximum atomic E-state index is 14.0. The smallest absolute Gasteiger partial charge is 0.430 e. The Kier molecular flexibility index (Phi) is 8.88. The van der Waals surface area contributed by atoms with Gasteiger partial charge in [-0.15, -0.1) is 0 Å². The summed E-state index contributed by atoms with van der Waals surface area (Å²) >= 11 is 0. The Labute approximate surface area is 220 Å². The Bertz CT molecular complexity index is 998. The summed E-state index contributed by atoms with van der Waals surface area (Å²) < 4.78 is 11.0. The van der Waals surface area contributed by atoms with E-state index in [0.29, 0.717) is 5.56 Å². The number of hydrogen-bond donors (Lipinski definition) is 1. The van der Waals surface area contributed by atoms with Crippen molar-refractivity contribution in [3.8, 4) is 0 Å². The Morgan fingerprint density at radius 3 is 2.05 bits per heavy atom. The third-order valence-electron chi connectivity index (χ3n) is 5.94. The molecule has 10 heteroatoms. The first-order valence-corrected chi connectivity index (χ1v) is 12.6. The maximum absolute atomic E-state index is 14.0. The van der Waals surface area contributed by atoms with Crippen molar-refractivity contribution in [3.63, 3.8) is 0 Å². The summed E-state index contributed by atoms with van der Waals surface area (Å²) in [4.78, 5) is 57.2. The molecule has 1 N–H and O–H groups in total. The molecule has 2 rings (SSSR count). The fourth-order valence-electron chi connectivity index (χ4n) is 4.46. The van der Waals surface area contributed by atoms with Gasteiger partial charge in [0.05, 0.1) is 6.54 Å². The molecule has 0 spiro atoms. The van der Waals surface area contributed by atoms with Crippen LogP contribution in [0.15, 0.2) is 30.3 Å². The van der Waals surface area contributed by atoms with E-state index in [2.05, 4.69) is 5.43 Å². The molecule has 10 nitrogen and oxygen atoms in total. The molecule has 206 valence electrons. The lowest BCUT2D eigenvalue weighted by Gasteiger charge is -2.54. The summed E-state index contributed by atoms with van der Waals surface area (Å²) in [7, 11) is 1.60. The molecule has 0 saturated carbocycles. The normalized spacial score (nSPS) is 20.5. The lowest BCUT2D eigenvalue weighted by atomic mass is 9.87. The van der Waals surface area contributed by atoms with Gasteiger partial charge in [-0.05, 0) is 66.0 Å². The number of carbonyl (C=O) groups excluding carboxylic acids is 4. The number of hydrazine groups is 1. The van der Waals surface area contributed by atoms with E-state index in [0.717, 1.165) is 5.01 Å². The lowest BCUT2D eigenvalue weighted by Crippen LogP contribution is -2.77. The first-order valence-electron chi connectivity index (χ1n) is 12.6.